The summed E-state index contributed by atoms with van der Waals surface area (Å²) in [7, 11) is 0. The second-order valence-electron chi connectivity index (χ2n) is 7.55. The molecule has 2 fully saturated rings. The summed E-state index contributed by atoms with van der Waals surface area (Å²) >= 11 is 0. The number of benzene rings is 1. The molecule has 2 saturated carbocycles. The quantitative estimate of drug-likeness (QED) is 0.762. The van der Waals surface area contributed by atoms with E-state index in [1.165, 1.54) is 6.07 Å². The molecule has 1 aromatic carbocycles. The van der Waals surface area contributed by atoms with Gasteiger partial charge in [0, 0.05) is 23.9 Å². The number of aryl methyl sites for hydroxylation is 1. The van der Waals surface area contributed by atoms with Crippen molar-refractivity contribution in [2.45, 2.75) is 50.0 Å². The van der Waals surface area contributed by atoms with Gasteiger partial charge in [0.15, 0.2) is 5.82 Å². The number of nitrogens with one attached hydrogen (secondary N) is 2. The fraction of sp³-hybridized carbons (Fsp3) is 0.526. The molecule has 3 N–H and O–H groups in total. The van der Waals surface area contributed by atoms with Gasteiger partial charge in [-0.3, -0.25) is 9.89 Å². The number of aliphatic hydroxyl groups is 1. The zero-order valence-corrected chi connectivity index (χ0v) is 14.7. The van der Waals surface area contributed by atoms with Gasteiger partial charge in [0.05, 0.1) is 11.5 Å². The van der Waals surface area contributed by atoms with E-state index in [2.05, 4.69) is 20.5 Å². The lowest BCUT2D eigenvalue weighted by molar-refractivity contribution is -0.124. The Labute approximate surface area is 151 Å². The van der Waals surface area contributed by atoms with Gasteiger partial charge >= 0.3 is 0 Å². The number of aromatic nitrogens is 3. The number of H-pyrrole nitrogens is 1. The normalized spacial score (nSPS) is 26.7. The first-order chi connectivity index (χ1) is 12.5. The molecular formula is C19H23FN4O2. The molecule has 0 radical (unpaired) electrons. The standard InChI is InChI=1S/C19H23FN4O2/c1-11-22-17(24-23-11)12-8-13(16(25)9-12)10-21-18(26)19(6-7-19)14-4-2-3-5-15(14)20/h2-5,12-13,16,25H,6-10H2,1H3,(H,21,26)(H,22,23,24)/t12?,13-,16-/m1/s1. The molecule has 0 spiro atoms. The first-order valence-electron chi connectivity index (χ1n) is 9.10. The lowest BCUT2D eigenvalue weighted by atomic mass is 9.94. The summed E-state index contributed by atoms with van der Waals surface area (Å²) in [6, 6.07) is 6.48. The summed E-state index contributed by atoms with van der Waals surface area (Å²) in [5, 5.41) is 20.3. The van der Waals surface area contributed by atoms with Gasteiger partial charge in [0.2, 0.25) is 5.91 Å². The van der Waals surface area contributed by atoms with Crippen molar-refractivity contribution in [3.8, 4) is 0 Å². The molecule has 7 heteroatoms. The number of nitrogens with zero attached hydrogens (tertiary/aromatic N) is 2. The van der Waals surface area contributed by atoms with E-state index < -0.39 is 11.5 Å². The highest BCUT2D eigenvalue weighted by Crippen LogP contribution is 2.49. The van der Waals surface area contributed by atoms with Crippen molar-refractivity contribution in [1.29, 1.82) is 0 Å². The van der Waals surface area contributed by atoms with Crippen LogP contribution in [0.3, 0.4) is 0 Å². The Hall–Kier alpha value is -2.28. The Morgan fingerprint density at radius 3 is 2.81 bits per heavy atom. The Morgan fingerprint density at radius 1 is 1.38 bits per heavy atom. The maximum Gasteiger partial charge on any atom is 0.230 e. The second-order valence-corrected chi connectivity index (χ2v) is 7.55. The SMILES string of the molecule is Cc1nc(C2C[C@H](CNC(=O)C3(c4ccccc4F)CC3)[C@H](O)C2)n[nH]1. The molecular weight excluding hydrogens is 335 g/mol. The highest BCUT2D eigenvalue weighted by Gasteiger charge is 2.52. The zero-order valence-electron chi connectivity index (χ0n) is 14.7. The van der Waals surface area contributed by atoms with Crippen molar-refractivity contribution in [2.75, 3.05) is 6.54 Å². The number of hydrogen-bond donors (Lipinski definition) is 3. The minimum atomic E-state index is -0.741. The molecule has 3 atom stereocenters. The molecule has 2 aromatic rings. The average molecular weight is 358 g/mol. The molecule has 1 unspecified atom stereocenters. The van der Waals surface area contributed by atoms with Crippen LogP contribution in [0.1, 0.15) is 48.8 Å². The van der Waals surface area contributed by atoms with E-state index in [-0.39, 0.29) is 23.6 Å². The van der Waals surface area contributed by atoms with Crippen LogP contribution in [-0.4, -0.2) is 38.8 Å². The molecule has 0 bridgehead atoms. The van der Waals surface area contributed by atoms with Gasteiger partial charge in [-0.05, 0) is 38.7 Å². The van der Waals surface area contributed by atoms with Crippen LogP contribution in [0.25, 0.3) is 0 Å². The summed E-state index contributed by atoms with van der Waals surface area (Å²) in [6.45, 7) is 2.23. The van der Waals surface area contributed by atoms with Gasteiger partial charge in [-0.15, -0.1) is 0 Å². The van der Waals surface area contributed by atoms with Gasteiger partial charge in [0.25, 0.3) is 0 Å². The van der Waals surface area contributed by atoms with Gasteiger partial charge in [0.1, 0.15) is 11.6 Å². The number of carbonyl (C=O) groups excluding carboxylic acids is 1. The zero-order chi connectivity index (χ0) is 18.3. The highest BCUT2D eigenvalue weighted by molar-refractivity contribution is 5.91. The van der Waals surface area contributed by atoms with Crippen LogP contribution >= 0.6 is 0 Å². The van der Waals surface area contributed by atoms with Gasteiger partial charge in [-0.2, -0.15) is 5.10 Å². The van der Waals surface area contributed by atoms with Crippen LogP contribution in [0.5, 0.6) is 0 Å². The van der Waals surface area contributed by atoms with Crippen LogP contribution < -0.4 is 5.32 Å². The lowest BCUT2D eigenvalue weighted by Crippen LogP contribution is -2.39. The number of hydrogen-bond acceptors (Lipinski definition) is 4. The van der Waals surface area contributed by atoms with E-state index in [1.54, 1.807) is 18.2 Å². The highest BCUT2D eigenvalue weighted by atomic mass is 19.1. The number of amides is 1. The summed E-state index contributed by atoms with van der Waals surface area (Å²) < 4.78 is 14.1. The number of aliphatic hydroxyl groups excluding tert-OH is 1. The molecule has 1 aromatic heterocycles. The number of carbonyl (C=O) groups is 1. The average Bonchev–Trinajstić information content (AvgIpc) is 3.18. The van der Waals surface area contributed by atoms with E-state index >= 15 is 0 Å². The molecule has 1 amide bonds. The van der Waals surface area contributed by atoms with Gasteiger partial charge in [-0.25, -0.2) is 9.37 Å². The maximum absolute atomic E-state index is 14.1. The minimum absolute atomic E-state index is 0.0424. The fourth-order valence-electron chi connectivity index (χ4n) is 4.06. The van der Waals surface area contributed by atoms with Crippen molar-refractivity contribution < 1.29 is 14.3 Å². The first-order valence-corrected chi connectivity index (χ1v) is 9.10. The van der Waals surface area contributed by atoms with Crippen LogP contribution in [0.15, 0.2) is 24.3 Å². The second kappa shape index (κ2) is 6.46. The van der Waals surface area contributed by atoms with Crippen molar-refractivity contribution in [3.05, 3.63) is 47.3 Å². The van der Waals surface area contributed by atoms with Gasteiger partial charge in [-0.1, -0.05) is 18.2 Å². The van der Waals surface area contributed by atoms with Crippen molar-refractivity contribution in [1.82, 2.24) is 20.5 Å². The van der Waals surface area contributed by atoms with Gasteiger partial charge < -0.3 is 10.4 Å². The summed E-state index contributed by atoms with van der Waals surface area (Å²) in [5.41, 5.74) is -0.270. The molecule has 4 rings (SSSR count). The Morgan fingerprint density at radius 2 is 2.15 bits per heavy atom. The largest absolute Gasteiger partial charge is 0.393 e. The van der Waals surface area contributed by atoms with E-state index in [9.17, 15) is 14.3 Å². The third-order valence-corrected chi connectivity index (χ3v) is 5.74. The summed E-state index contributed by atoms with van der Waals surface area (Å²) in [4.78, 5) is 17.1. The topological polar surface area (TPSA) is 90.9 Å². The maximum atomic E-state index is 14.1. The number of aromatic amines is 1. The fourth-order valence-corrected chi connectivity index (χ4v) is 4.06. The first kappa shape index (κ1) is 17.1. The molecule has 26 heavy (non-hydrogen) atoms. The van der Waals surface area contributed by atoms with Crippen molar-refractivity contribution in [3.63, 3.8) is 0 Å². The smallest absolute Gasteiger partial charge is 0.230 e. The third-order valence-electron chi connectivity index (χ3n) is 5.74. The Bertz CT molecular complexity index is 817. The predicted octanol–water partition coefficient (Wildman–Crippen LogP) is 1.95. The van der Waals surface area contributed by atoms with Crippen molar-refractivity contribution >= 4 is 5.91 Å². The molecule has 0 saturated heterocycles. The van der Waals surface area contributed by atoms with Crippen LogP contribution in [-0.2, 0) is 10.2 Å². The van der Waals surface area contributed by atoms with Crippen molar-refractivity contribution in [2.24, 2.45) is 5.92 Å². The van der Waals surface area contributed by atoms with E-state index in [4.69, 9.17) is 0 Å². The van der Waals surface area contributed by atoms with E-state index in [0.29, 0.717) is 31.4 Å². The monoisotopic (exact) mass is 358 g/mol. The molecule has 138 valence electrons. The Kier molecular flexibility index (Phi) is 4.26. The molecule has 2 aliphatic carbocycles. The molecule has 0 aliphatic heterocycles. The van der Waals surface area contributed by atoms with E-state index in [1.807, 2.05) is 6.92 Å². The van der Waals surface area contributed by atoms with Crippen LogP contribution in [0.2, 0.25) is 0 Å². The minimum Gasteiger partial charge on any atom is -0.393 e. The number of halogens is 1. The summed E-state index contributed by atoms with van der Waals surface area (Å²) in [5.74, 6) is 1.05. The lowest BCUT2D eigenvalue weighted by Gasteiger charge is -2.20. The predicted molar refractivity (Wildman–Crippen MR) is 92.9 cm³/mol. The molecule has 2 aliphatic rings. The summed E-state index contributed by atoms with van der Waals surface area (Å²) in [6.07, 6.45) is 2.14. The molecule has 6 nitrogen and oxygen atoms in total. The molecule has 1 heterocycles. The number of rotatable bonds is 5. The van der Waals surface area contributed by atoms with E-state index in [0.717, 1.165) is 18.1 Å². The third kappa shape index (κ3) is 3.00. The Balaban J connectivity index is 1.38. The van der Waals surface area contributed by atoms with Crippen LogP contribution in [0, 0.1) is 18.7 Å². The van der Waals surface area contributed by atoms with Crippen LogP contribution in [0.4, 0.5) is 4.39 Å².